The summed E-state index contributed by atoms with van der Waals surface area (Å²) in [5.74, 6) is -0.266. The number of aromatic amines is 1. The number of benzene rings is 1. The Kier molecular flexibility index (Phi) is 6.66. The van der Waals surface area contributed by atoms with Crippen LogP contribution in [0.25, 0.3) is 6.08 Å². The third-order valence-corrected chi connectivity index (χ3v) is 4.85. The van der Waals surface area contributed by atoms with Crippen LogP contribution in [0.1, 0.15) is 31.2 Å². The van der Waals surface area contributed by atoms with Gasteiger partial charge in [0.1, 0.15) is 0 Å². The number of aromatic nitrogens is 1. The van der Waals surface area contributed by atoms with Crippen molar-refractivity contribution in [3.8, 4) is 0 Å². The number of anilines is 1. The minimum atomic E-state index is -0.251. The number of carbonyl (C=O) groups excluding carboxylic acids is 2. The molecule has 1 aromatic heterocycles. The second-order valence-electron chi connectivity index (χ2n) is 6.73. The van der Waals surface area contributed by atoms with Crippen LogP contribution in [0.15, 0.2) is 53.0 Å². The molecular formula is C21H22ClN3O3. The third-order valence-electron chi connectivity index (χ3n) is 4.61. The third kappa shape index (κ3) is 5.82. The number of rotatable bonds is 5. The molecule has 0 unspecified atom stereocenters. The number of amides is 2. The Morgan fingerprint density at radius 1 is 1.14 bits per heavy atom. The molecule has 0 radical (unpaired) electrons. The maximum absolute atomic E-state index is 12.4. The quantitative estimate of drug-likeness (QED) is 0.807. The van der Waals surface area contributed by atoms with E-state index >= 15 is 0 Å². The van der Waals surface area contributed by atoms with E-state index in [4.69, 9.17) is 11.6 Å². The van der Waals surface area contributed by atoms with Gasteiger partial charge in [0.2, 0.25) is 17.4 Å². The second-order valence-corrected chi connectivity index (χ2v) is 7.16. The van der Waals surface area contributed by atoms with Gasteiger partial charge >= 0.3 is 0 Å². The van der Waals surface area contributed by atoms with Crippen LogP contribution < -0.4 is 10.9 Å². The van der Waals surface area contributed by atoms with Crippen molar-refractivity contribution in [3.63, 3.8) is 0 Å². The summed E-state index contributed by atoms with van der Waals surface area (Å²) in [6.07, 6.45) is 5.48. The van der Waals surface area contributed by atoms with Gasteiger partial charge in [-0.15, -0.1) is 0 Å². The molecule has 0 saturated carbocycles. The number of likely N-dealkylation sites (tertiary alicyclic amines) is 1. The van der Waals surface area contributed by atoms with Gasteiger partial charge in [-0.25, -0.2) is 0 Å². The number of hydrogen-bond donors (Lipinski definition) is 2. The molecule has 1 fully saturated rings. The maximum Gasteiger partial charge on any atom is 0.248 e. The van der Waals surface area contributed by atoms with E-state index in [1.807, 2.05) is 29.2 Å². The molecule has 0 bridgehead atoms. The molecule has 1 aromatic carbocycles. The van der Waals surface area contributed by atoms with Crippen LogP contribution in [0.4, 0.5) is 5.69 Å². The predicted octanol–water partition coefficient (Wildman–Crippen LogP) is 3.45. The van der Waals surface area contributed by atoms with Crippen LogP contribution in [0.2, 0.25) is 5.02 Å². The molecule has 2 heterocycles. The van der Waals surface area contributed by atoms with Crippen molar-refractivity contribution < 1.29 is 9.59 Å². The molecule has 28 heavy (non-hydrogen) atoms. The smallest absolute Gasteiger partial charge is 0.248 e. The number of H-pyrrole nitrogens is 1. The Balaban J connectivity index is 1.44. The molecular weight excluding hydrogens is 378 g/mol. The molecule has 0 aliphatic carbocycles. The van der Waals surface area contributed by atoms with Crippen LogP contribution >= 0.6 is 11.6 Å². The number of nitrogens with one attached hydrogen (secondary N) is 2. The number of nitrogens with zero attached hydrogens (tertiary/aromatic N) is 1. The van der Waals surface area contributed by atoms with Crippen molar-refractivity contribution in [1.82, 2.24) is 9.88 Å². The molecule has 1 saturated heterocycles. The van der Waals surface area contributed by atoms with E-state index in [-0.39, 0.29) is 30.2 Å². The zero-order valence-electron chi connectivity index (χ0n) is 15.4. The first-order valence-electron chi connectivity index (χ1n) is 9.21. The molecule has 2 aromatic rings. The SMILES string of the molecule is O=C(CCC(=O)N1CCC(=Cc2cccc(Cl)c2)CC1)Nc1ccc(=O)[nH]c1. The normalized spacial score (nSPS) is 13.9. The van der Waals surface area contributed by atoms with Gasteiger partial charge in [0.05, 0.1) is 5.69 Å². The van der Waals surface area contributed by atoms with Crippen molar-refractivity contribution >= 4 is 35.2 Å². The van der Waals surface area contributed by atoms with Gasteiger partial charge in [0.15, 0.2) is 0 Å². The van der Waals surface area contributed by atoms with E-state index in [1.165, 1.54) is 23.9 Å². The summed E-state index contributed by atoms with van der Waals surface area (Å²) >= 11 is 6.02. The highest BCUT2D eigenvalue weighted by atomic mass is 35.5. The van der Waals surface area contributed by atoms with Gasteiger partial charge in [-0.1, -0.05) is 35.4 Å². The number of hydrogen-bond acceptors (Lipinski definition) is 3. The van der Waals surface area contributed by atoms with Gasteiger partial charge in [0.25, 0.3) is 0 Å². The first kappa shape index (κ1) is 19.9. The highest BCUT2D eigenvalue weighted by Gasteiger charge is 2.19. The van der Waals surface area contributed by atoms with Crippen molar-refractivity contribution in [2.45, 2.75) is 25.7 Å². The monoisotopic (exact) mass is 399 g/mol. The lowest BCUT2D eigenvalue weighted by molar-refractivity contribution is -0.133. The highest BCUT2D eigenvalue weighted by molar-refractivity contribution is 6.30. The Bertz CT molecular complexity index is 921. The molecule has 1 aliphatic heterocycles. The van der Waals surface area contributed by atoms with E-state index in [2.05, 4.69) is 16.4 Å². The van der Waals surface area contributed by atoms with E-state index in [0.29, 0.717) is 23.8 Å². The molecule has 0 atom stereocenters. The Morgan fingerprint density at radius 2 is 1.93 bits per heavy atom. The molecule has 3 rings (SSSR count). The summed E-state index contributed by atoms with van der Waals surface area (Å²) < 4.78 is 0. The molecule has 1 aliphatic rings. The number of carbonyl (C=O) groups is 2. The minimum Gasteiger partial charge on any atom is -0.342 e. The van der Waals surface area contributed by atoms with Gasteiger partial charge in [-0.3, -0.25) is 14.4 Å². The van der Waals surface area contributed by atoms with Crippen molar-refractivity contribution in [2.24, 2.45) is 0 Å². The Morgan fingerprint density at radius 3 is 2.61 bits per heavy atom. The summed E-state index contributed by atoms with van der Waals surface area (Å²) in [6, 6.07) is 10.6. The standard InChI is InChI=1S/C21H22ClN3O3/c22-17-3-1-2-16(13-17)12-15-8-10-25(11-9-15)21(28)7-6-20(27)24-18-4-5-19(26)23-14-18/h1-5,12-14H,6-11H2,(H,23,26)(H,24,27). The van der Waals surface area contributed by atoms with Gasteiger partial charge in [-0.2, -0.15) is 0 Å². The zero-order valence-corrected chi connectivity index (χ0v) is 16.2. The largest absolute Gasteiger partial charge is 0.342 e. The van der Waals surface area contributed by atoms with Crippen LogP contribution in [-0.2, 0) is 9.59 Å². The average molecular weight is 400 g/mol. The Hall–Kier alpha value is -2.86. The predicted molar refractivity (Wildman–Crippen MR) is 110 cm³/mol. The number of pyridine rings is 1. The van der Waals surface area contributed by atoms with Crippen LogP contribution in [-0.4, -0.2) is 34.8 Å². The second kappa shape index (κ2) is 9.37. The lowest BCUT2D eigenvalue weighted by Crippen LogP contribution is -2.36. The fourth-order valence-corrected chi connectivity index (χ4v) is 3.31. The van der Waals surface area contributed by atoms with Gasteiger partial charge in [0, 0.05) is 43.2 Å². The number of piperidine rings is 1. The van der Waals surface area contributed by atoms with Crippen LogP contribution in [0.3, 0.4) is 0 Å². The van der Waals surface area contributed by atoms with E-state index in [9.17, 15) is 14.4 Å². The van der Waals surface area contributed by atoms with Crippen molar-refractivity contribution in [3.05, 3.63) is 69.1 Å². The van der Waals surface area contributed by atoms with Crippen LogP contribution in [0.5, 0.6) is 0 Å². The average Bonchev–Trinajstić information content (AvgIpc) is 2.68. The van der Waals surface area contributed by atoms with Gasteiger partial charge in [-0.05, 0) is 36.6 Å². The fourth-order valence-electron chi connectivity index (χ4n) is 3.11. The summed E-state index contributed by atoms with van der Waals surface area (Å²) in [5.41, 5.74) is 2.64. The van der Waals surface area contributed by atoms with E-state index in [0.717, 1.165) is 18.4 Å². The Labute approximate surface area is 168 Å². The summed E-state index contributed by atoms with van der Waals surface area (Å²) in [6.45, 7) is 1.32. The number of halogens is 1. The molecule has 2 N–H and O–H groups in total. The molecule has 7 heteroatoms. The van der Waals surface area contributed by atoms with Crippen molar-refractivity contribution in [2.75, 3.05) is 18.4 Å². The fraction of sp³-hybridized carbons (Fsp3) is 0.286. The highest BCUT2D eigenvalue weighted by Crippen LogP contribution is 2.21. The molecule has 6 nitrogen and oxygen atoms in total. The summed E-state index contributed by atoms with van der Waals surface area (Å²) in [5, 5.41) is 3.38. The summed E-state index contributed by atoms with van der Waals surface area (Å²) in [4.78, 5) is 39.7. The maximum atomic E-state index is 12.4. The molecule has 146 valence electrons. The first-order valence-corrected chi connectivity index (χ1v) is 9.59. The topological polar surface area (TPSA) is 82.3 Å². The van der Waals surface area contributed by atoms with Gasteiger partial charge < -0.3 is 15.2 Å². The minimum absolute atomic E-state index is 0.0153. The summed E-state index contributed by atoms with van der Waals surface area (Å²) in [7, 11) is 0. The van der Waals surface area contributed by atoms with E-state index < -0.39 is 0 Å². The van der Waals surface area contributed by atoms with E-state index in [1.54, 1.807) is 0 Å². The zero-order chi connectivity index (χ0) is 19.9. The molecule has 0 spiro atoms. The van der Waals surface area contributed by atoms with Crippen LogP contribution in [0, 0.1) is 0 Å². The lowest BCUT2D eigenvalue weighted by atomic mass is 10.0. The first-order chi connectivity index (χ1) is 13.5. The lowest BCUT2D eigenvalue weighted by Gasteiger charge is -2.28. The molecule has 2 amide bonds. The van der Waals surface area contributed by atoms with Crippen molar-refractivity contribution in [1.29, 1.82) is 0 Å².